The van der Waals surface area contributed by atoms with Crippen LogP contribution in [0.3, 0.4) is 0 Å². The van der Waals surface area contributed by atoms with Crippen LogP contribution in [-0.4, -0.2) is 66.3 Å². The van der Waals surface area contributed by atoms with Gasteiger partial charge in [0.2, 0.25) is 5.91 Å². The van der Waals surface area contributed by atoms with Gasteiger partial charge < -0.3 is 24.4 Å². The molecule has 1 aliphatic heterocycles. The Morgan fingerprint density at radius 1 is 0.933 bits per heavy atom. The Labute approximate surface area is 265 Å². The highest BCUT2D eigenvalue weighted by atomic mass is 16.6. The summed E-state index contributed by atoms with van der Waals surface area (Å²) in [5, 5.41) is 2.62. The molecular weight excluding hydrogens is 572 g/mol. The van der Waals surface area contributed by atoms with Crippen LogP contribution in [0.4, 0.5) is 4.79 Å². The van der Waals surface area contributed by atoms with Gasteiger partial charge in [-0.25, -0.2) is 9.59 Å². The third-order valence-electron chi connectivity index (χ3n) is 8.03. The zero-order chi connectivity index (χ0) is 32.6. The topological polar surface area (TPSA) is 111 Å². The van der Waals surface area contributed by atoms with Gasteiger partial charge in [-0.1, -0.05) is 60.7 Å². The van der Waals surface area contributed by atoms with Gasteiger partial charge in [-0.15, -0.1) is 13.2 Å². The fraction of sp³-hybridized carbons (Fsp3) is 0.444. The number of carbonyl (C=O) groups excluding carboxylic acids is 4. The molecule has 2 aromatic carbocycles. The smallest absolute Gasteiger partial charge is 0.407 e. The number of nitrogens with zero attached hydrogens (tertiary/aromatic N) is 1. The zero-order valence-electron chi connectivity index (χ0n) is 26.5. The maximum atomic E-state index is 13.5. The van der Waals surface area contributed by atoms with Crippen LogP contribution >= 0.6 is 0 Å². The predicted octanol–water partition coefficient (Wildman–Crippen LogP) is 5.93. The number of fused-ring (bicyclic) bond motifs is 3. The Morgan fingerprint density at radius 2 is 1.56 bits per heavy atom. The van der Waals surface area contributed by atoms with Crippen LogP contribution in [-0.2, 0) is 28.6 Å². The second kappa shape index (κ2) is 15.1. The highest BCUT2D eigenvalue weighted by Gasteiger charge is 2.36. The third-order valence-corrected chi connectivity index (χ3v) is 8.03. The summed E-state index contributed by atoms with van der Waals surface area (Å²) < 4.78 is 16.7. The van der Waals surface area contributed by atoms with Gasteiger partial charge in [-0.2, -0.15) is 0 Å². The van der Waals surface area contributed by atoms with Crippen molar-refractivity contribution in [1.82, 2.24) is 10.2 Å². The van der Waals surface area contributed by atoms with Crippen molar-refractivity contribution in [2.45, 2.75) is 76.5 Å². The third kappa shape index (κ3) is 8.62. The van der Waals surface area contributed by atoms with Crippen LogP contribution in [0.25, 0.3) is 11.1 Å². The number of alkyl carbamates (subject to hydrolysis) is 1. The van der Waals surface area contributed by atoms with Gasteiger partial charge in [-0.05, 0) is 68.7 Å². The molecule has 1 unspecified atom stereocenters. The van der Waals surface area contributed by atoms with E-state index in [-0.39, 0.29) is 43.9 Å². The largest absolute Gasteiger partial charge is 0.462 e. The first-order valence-electron chi connectivity index (χ1n) is 15.5. The molecule has 240 valence electrons. The lowest BCUT2D eigenvalue weighted by Gasteiger charge is -2.29. The minimum absolute atomic E-state index is 0.0299. The van der Waals surface area contributed by atoms with Crippen molar-refractivity contribution in [3.8, 4) is 11.1 Å². The summed E-state index contributed by atoms with van der Waals surface area (Å²) >= 11 is 0. The lowest BCUT2D eigenvalue weighted by molar-refractivity contribution is -0.158. The Kier molecular flexibility index (Phi) is 11.2. The Bertz CT molecular complexity index is 1370. The number of esters is 2. The van der Waals surface area contributed by atoms with Crippen LogP contribution in [0.15, 0.2) is 73.8 Å². The summed E-state index contributed by atoms with van der Waals surface area (Å²) in [6.45, 7) is 13.4. The second-order valence-corrected chi connectivity index (χ2v) is 12.5. The molecule has 2 aliphatic rings. The molecule has 0 aromatic heterocycles. The molecule has 3 atom stereocenters. The molecule has 1 fully saturated rings. The first-order chi connectivity index (χ1) is 21.5. The summed E-state index contributed by atoms with van der Waals surface area (Å²) in [4.78, 5) is 53.5. The standard InChI is InChI=1S/C36H44N2O7/c1-6-13-24(21-32(39)45-36(3,4)5)33(40)38-20-12-15-25(38)22-43-34(41)31(14-7-2)37-35(42)44-23-30-28-18-10-8-16-26(28)27-17-9-11-19-29(27)30/h6-11,16-19,24-25,30-31H,1-2,12-15,20-23H2,3-5H3,(H,37,42)/t24?,25-,31-/m0/s1. The fourth-order valence-electron chi connectivity index (χ4n) is 6.03. The highest BCUT2D eigenvalue weighted by molar-refractivity contribution is 5.85. The quantitative estimate of drug-likeness (QED) is 0.169. The molecule has 1 saturated heterocycles. The van der Waals surface area contributed by atoms with Crippen molar-refractivity contribution < 1.29 is 33.4 Å². The van der Waals surface area contributed by atoms with Gasteiger partial charge in [0.25, 0.3) is 0 Å². The van der Waals surface area contributed by atoms with E-state index in [2.05, 4.69) is 30.6 Å². The van der Waals surface area contributed by atoms with E-state index in [1.807, 2.05) is 36.4 Å². The average molecular weight is 617 g/mol. The van der Waals surface area contributed by atoms with E-state index in [4.69, 9.17) is 14.2 Å². The number of nitrogens with one attached hydrogen (secondary N) is 1. The summed E-state index contributed by atoms with van der Waals surface area (Å²) in [5.74, 6) is -2.01. The summed E-state index contributed by atoms with van der Waals surface area (Å²) in [6, 6.07) is 14.8. The highest BCUT2D eigenvalue weighted by Crippen LogP contribution is 2.44. The molecule has 0 bridgehead atoms. The van der Waals surface area contributed by atoms with E-state index in [0.717, 1.165) is 28.7 Å². The number of benzene rings is 2. The molecule has 0 spiro atoms. The molecule has 1 N–H and O–H groups in total. The maximum absolute atomic E-state index is 13.5. The number of hydrogen-bond donors (Lipinski definition) is 1. The number of carbonyl (C=O) groups is 4. The van der Waals surface area contributed by atoms with Crippen molar-refractivity contribution >= 4 is 23.9 Å². The normalized spacial score (nSPS) is 17.0. The number of amides is 2. The first kappa shape index (κ1) is 33.5. The molecule has 2 aromatic rings. The van der Waals surface area contributed by atoms with Crippen molar-refractivity contribution in [2.75, 3.05) is 19.8 Å². The summed E-state index contributed by atoms with van der Waals surface area (Å²) in [6.07, 6.45) is 4.22. The molecule has 9 heteroatoms. The van der Waals surface area contributed by atoms with Crippen LogP contribution in [0, 0.1) is 5.92 Å². The average Bonchev–Trinajstić information content (AvgIpc) is 3.60. The molecule has 45 heavy (non-hydrogen) atoms. The van der Waals surface area contributed by atoms with Gasteiger partial charge in [0, 0.05) is 12.5 Å². The molecule has 4 rings (SSSR count). The SMILES string of the molecule is C=CCC(CC(=O)OC(C)(C)C)C(=O)N1CCC[C@H]1COC(=O)[C@H](CC=C)NC(=O)OCC1c2ccccc2-c2ccccc21. The molecule has 1 aliphatic carbocycles. The molecule has 0 radical (unpaired) electrons. The first-order valence-corrected chi connectivity index (χ1v) is 15.5. The Hall–Kier alpha value is -4.40. The number of rotatable bonds is 13. The summed E-state index contributed by atoms with van der Waals surface area (Å²) in [7, 11) is 0. The molecule has 2 amide bonds. The monoisotopic (exact) mass is 616 g/mol. The van der Waals surface area contributed by atoms with Gasteiger partial charge >= 0.3 is 18.0 Å². The number of ether oxygens (including phenoxy) is 3. The second-order valence-electron chi connectivity index (χ2n) is 12.5. The molecular formula is C36H44N2O7. The number of hydrogen-bond acceptors (Lipinski definition) is 7. The minimum atomic E-state index is -0.996. The van der Waals surface area contributed by atoms with Crippen LogP contribution in [0.2, 0.25) is 0 Å². The molecule has 9 nitrogen and oxygen atoms in total. The van der Waals surface area contributed by atoms with Gasteiger partial charge in [-0.3, -0.25) is 9.59 Å². The van der Waals surface area contributed by atoms with Crippen LogP contribution in [0.5, 0.6) is 0 Å². The van der Waals surface area contributed by atoms with Gasteiger partial charge in [0.15, 0.2) is 0 Å². The van der Waals surface area contributed by atoms with E-state index in [1.165, 1.54) is 6.08 Å². The number of allylic oxidation sites excluding steroid dienone is 1. The van der Waals surface area contributed by atoms with E-state index >= 15 is 0 Å². The maximum Gasteiger partial charge on any atom is 0.407 e. The lowest BCUT2D eigenvalue weighted by atomic mass is 9.98. The summed E-state index contributed by atoms with van der Waals surface area (Å²) in [5.41, 5.74) is 3.76. The van der Waals surface area contributed by atoms with Gasteiger partial charge in [0.1, 0.15) is 24.9 Å². The van der Waals surface area contributed by atoms with Crippen molar-refractivity contribution in [2.24, 2.45) is 5.92 Å². The van der Waals surface area contributed by atoms with Crippen molar-refractivity contribution in [3.63, 3.8) is 0 Å². The lowest BCUT2D eigenvalue weighted by Crippen LogP contribution is -2.45. The van der Waals surface area contributed by atoms with Crippen molar-refractivity contribution in [1.29, 1.82) is 0 Å². The van der Waals surface area contributed by atoms with E-state index in [0.29, 0.717) is 19.4 Å². The van der Waals surface area contributed by atoms with Gasteiger partial charge in [0.05, 0.1) is 18.4 Å². The molecule has 1 heterocycles. The molecule has 0 saturated carbocycles. The zero-order valence-corrected chi connectivity index (χ0v) is 26.5. The van der Waals surface area contributed by atoms with E-state index in [1.54, 1.807) is 31.7 Å². The predicted molar refractivity (Wildman–Crippen MR) is 171 cm³/mol. The van der Waals surface area contributed by atoms with Crippen LogP contribution in [0.1, 0.15) is 69.9 Å². The van der Waals surface area contributed by atoms with E-state index < -0.39 is 35.6 Å². The Morgan fingerprint density at radius 3 is 2.16 bits per heavy atom. The fourth-order valence-corrected chi connectivity index (χ4v) is 6.03. The number of likely N-dealkylation sites (tertiary alicyclic amines) is 1. The van der Waals surface area contributed by atoms with Crippen molar-refractivity contribution in [3.05, 3.63) is 85.0 Å². The minimum Gasteiger partial charge on any atom is -0.462 e. The Balaban J connectivity index is 1.32. The van der Waals surface area contributed by atoms with E-state index in [9.17, 15) is 19.2 Å². The van der Waals surface area contributed by atoms with Crippen LogP contribution < -0.4 is 5.32 Å².